The number of hydrogen-bond donors (Lipinski definition) is 1. The highest BCUT2D eigenvalue weighted by Gasteiger charge is 2.17. The largest absolute Gasteiger partial charge is 0.466 e. The van der Waals surface area contributed by atoms with E-state index in [0.717, 1.165) is 38.5 Å². The predicted molar refractivity (Wildman–Crippen MR) is 68.8 cm³/mol. The van der Waals surface area contributed by atoms with E-state index in [1.165, 1.54) is 0 Å². The van der Waals surface area contributed by atoms with Crippen molar-refractivity contribution in [1.29, 1.82) is 0 Å². The highest BCUT2D eigenvalue weighted by Crippen LogP contribution is 2.28. The number of esters is 2. The third-order valence-corrected chi connectivity index (χ3v) is 2.30. The van der Waals surface area contributed by atoms with E-state index in [1.807, 2.05) is 0 Å². The van der Waals surface area contributed by atoms with Gasteiger partial charge in [0.2, 0.25) is 0 Å². The zero-order valence-electron chi connectivity index (χ0n) is 11.6. The first kappa shape index (κ1) is 17.3. The normalized spacial score (nSPS) is 11.1. The quantitative estimate of drug-likeness (QED) is 0.639. The molecule has 6 nitrogen and oxygen atoms in total. The van der Waals surface area contributed by atoms with Gasteiger partial charge >= 0.3 is 18.6 Å². The second-order valence-corrected chi connectivity index (χ2v) is 3.72. The van der Waals surface area contributed by atoms with Gasteiger partial charge in [0.05, 0.1) is 26.0 Å². The summed E-state index contributed by atoms with van der Waals surface area (Å²) in [5, 5.41) is 2.30. The standard InChI is InChI=1S/C13H12F3NO5/c1-20-11(18)6-9(12(19)21-2)17-8-5-7(14)3-4-10(8)22-13(15)16/h3-6,13,17H,1-2H3/b9-6+. The average Bonchev–Trinajstić information content (AvgIpc) is 2.47. The first-order chi connectivity index (χ1) is 10.4. The van der Waals surface area contributed by atoms with Gasteiger partial charge in [-0.3, -0.25) is 0 Å². The Labute approximate surface area is 123 Å². The molecule has 0 heterocycles. The molecule has 0 aliphatic carbocycles. The smallest absolute Gasteiger partial charge is 0.387 e. The lowest BCUT2D eigenvalue weighted by Crippen LogP contribution is -2.16. The molecule has 0 saturated carbocycles. The van der Waals surface area contributed by atoms with Crippen LogP contribution in [0.1, 0.15) is 0 Å². The number of carbonyl (C=O) groups excluding carboxylic acids is 2. The number of carbonyl (C=O) groups is 2. The maximum absolute atomic E-state index is 13.2. The summed E-state index contributed by atoms with van der Waals surface area (Å²) in [4.78, 5) is 22.7. The van der Waals surface area contributed by atoms with Crippen LogP contribution < -0.4 is 10.1 Å². The van der Waals surface area contributed by atoms with Gasteiger partial charge in [0.1, 0.15) is 17.3 Å². The monoisotopic (exact) mass is 319 g/mol. The molecule has 1 rings (SSSR count). The maximum atomic E-state index is 13.2. The molecule has 0 amide bonds. The van der Waals surface area contributed by atoms with Gasteiger partial charge in [0.15, 0.2) is 0 Å². The highest BCUT2D eigenvalue weighted by atomic mass is 19.3. The summed E-state index contributed by atoms with van der Waals surface area (Å²) in [6.07, 6.45) is 0.725. The molecule has 120 valence electrons. The van der Waals surface area contributed by atoms with Gasteiger partial charge in [0, 0.05) is 6.07 Å². The van der Waals surface area contributed by atoms with Crippen molar-refractivity contribution in [3.8, 4) is 5.75 Å². The number of benzene rings is 1. The molecule has 0 spiro atoms. The molecule has 0 aliphatic heterocycles. The summed E-state index contributed by atoms with van der Waals surface area (Å²) in [6.45, 7) is -3.16. The minimum absolute atomic E-state index is 0.291. The number of nitrogens with one attached hydrogen (secondary N) is 1. The van der Waals surface area contributed by atoms with Gasteiger partial charge in [-0.1, -0.05) is 0 Å². The summed E-state index contributed by atoms with van der Waals surface area (Å²) in [7, 11) is 2.11. The lowest BCUT2D eigenvalue weighted by Gasteiger charge is -2.14. The van der Waals surface area contributed by atoms with Gasteiger partial charge < -0.3 is 19.5 Å². The van der Waals surface area contributed by atoms with Crippen LogP contribution in [-0.2, 0) is 19.1 Å². The van der Waals surface area contributed by atoms with Crippen molar-refractivity contribution in [1.82, 2.24) is 0 Å². The molecule has 0 aromatic heterocycles. The van der Waals surface area contributed by atoms with Crippen LogP contribution in [0, 0.1) is 5.82 Å². The average molecular weight is 319 g/mol. The van der Waals surface area contributed by atoms with Gasteiger partial charge in [-0.15, -0.1) is 0 Å². The zero-order valence-corrected chi connectivity index (χ0v) is 11.6. The van der Waals surface area contributed by atoms with Crippen molar-refractivity contribution in [3.63, 3.8) is 0 Å². The van der Waals surface area contributed by atoms with E-state index in [-0.39, 0.29) is 5.69 Å². The van der Waals surface area contributed by atoms with Gasteiger partial charge in [-0.2, -0.15) is 8.78 Å². The van der Waals surface area contributed by atoms with Crippen molar-refractivity contribution in [2.45, 2.75) is 6.61 Å². The second kappa shape index (κ2) is 7.91. The Bertz CT molecular complexity index is 589. The number of halogens is 3. The van der Waals surface area contributed by atoms with E-state index in [4.69, 9.17) is 0 Å². The van der Waals surface area contributed by atoms with Crippen molar-refractivity contribution < 1.29 is 37.0 Å². The Kier molecular flexibility index (Phi) is 6.24. The number of ether oxygens (including phenoxy) is 3. The minimum Gasteiger partial charge on any atom is -0.466 e. The number of alkyl halides is 2. The van der Waals surface area contributed by atoms with Crippen LogP contribution in [0.3, 0.4) is 0 Å². The fourth-order valence-corrected chi connectivity index (χ4v) is 1.38. The molecule has 0 fully saturated rings. The fourth-order valence-electron chi connectivity index (χ4n) is 1.38. The Morgan fingerprint density at radius 2 is 1.91 bits per heavy atom. The number of hydrogen-bond acceptors (Lipinski definition) is 6. The molecule has 22 heavy (non-hydrogen) atoms. The predicted octanol–water partition coefficient (Wildman–Crippen LogP) is 2.07. The van der Waals surface area contributed by atoms with Crippen molar-refractivity contribution in [2.24, 2.45) is 0 Å². The third kappa shape index (κ3) is 5.00. The molecule has 1 N–H and O–H groups in total. The molecule has 1 aromatic rings. The molecule has 0 radical (unpaired) electrons. The van der Waals surface area contributed by atoms with E-state index < -0.39 is 35.8 Å². The molecule has 0 bridgehead atoms. The fraction of sp³-hybridized carbons (Fsp3) is 0.231. The first-order valence-electron chi connectivity index (χ1n) is 5.76. The topological polar surface area (TPSA) is 73.9 Å². The Balaban J connectivity index is 3.17. The van der Waals surface area contributed by atoms with Crippen LogP contribution in [-0.4, -0.2) is 32.8 Å². The SMILES string of the molecule is COC(=O)/C=C(/Nc1cc(F)ccc1OC(F)F)C(=O)OC. The number of rotatable bonds is 6. The molecule has 0 unspecified atom stereocenters. The molecular weight excluding hydrogens is 307 g/mol. The summed E-state index contributed by atoms with van der Waals surface area (Å²) < 4.78 is 50.8. The summed E-state index contributed by atoms with van der Waals surface area (Å²) in [6, 6.07) is 2.65. The van der Waals surface area contributed by atoms with E-state index >= 15 is 0 Å². The van der Waals surface area contributed by atoms with Gasteiger partial charge in [-0.25, -0.2) is 14.0 Å². The lowest BCUT2D eigenvalue weighted by atomic mass is 10.2. The van der Waals surface area contributed by atoms with Crippen LogP contribution in [0.25, 0.3) is 0 Å². The van der Waals surface area contributed by atoms with Gasteiger partial charge in [0.25, 0.3) is 0 Å². The van der Waals surface area contributed by atoms with Crippen LogP contribution in [0.4, 0.5) is 18.9 Å². The second-order valence-electron chi connectivity index (χ2n) is 3.72. The van der Waals surface area contributed by atoms with Gasteiger partial charge in [-0.05, 0) is 12.1 Å². The van der Waals surface area contributed by atoms with Crippen LogP contribution >= 0.6 is 0 Å². The Morgan fingerprint density at radius 1 is 1.23 bits per heavy atom. The number of anilines is 1. The molecule has 1 aromatic carbocycles. The molecule has 0 aliphatic rings. The molecular formula is C13H12F3NO5. The van der Waals surface area contributed by atoms with Crippen LogP contribution in [0.15, 0.2) is 30.0 Å². The molecule has 0 atom stereocenters. The summed E-state index contributed by atoms with van der Waals surface area (Å²) in [5.74, 6) is -3.08. The zero-order chi connectivity index (χ0) is 16.7. The van der Waals surface area contributed by atoms with E-state index in [0.29, 0.717) is 0 Å². The Morgan fingerprint density at radius 3 is 2.45 bits per heavy atom. The highest BCUT2D eigenvalue weighted by molar-refractivity contribution is 5.99. The Hall–Kier alpha value is -2.71. The summed E-state index contributed by atoms with van der Waals surface area (Å²) in [5.41, 5.74) is -0.736. The maximum Gasteiger partial charge on any atom is 0.387 e. The van der Waals surface area contributed by atoms with E-state index in [9.17, 15) is 22.8 Å². The minimum atomic E-state index is -3.16. The summed E-state index contributed by atoms with van der Waals surface area (Å²) >= 11 is 0. The molecule has 0 saturated heterocycles. The number of methoxy groups -OCH3 is 2. The lowest BCUT2D eigenvalue weighted by molar-refractivity contribution is -0.138. The third-order valence-electron chi connectivity index (χ3n) is 2.30. The van der Waals surface area contributed by atoms with Crippen molar-refractivity contribution in [3.05, 3.63) is 35.8 Å². The molecule has 9 heteroatoms. The first-order valence-corrected chi connectivity index (χ1v) is 5.76. The van der Waals surface area contributed by atoms with Crippen LogP contribution in [0.5, 0.6) is 5.75 Å². The van der Waals surface area contributed by atoms with Crippen molar-refractivity contribution in [2.75, 3.05) is 19.5 Å². The van der Waals surface area contributed by atoms with E-state index in [1.54, 1.807) is 0 Å². The van der Waals surface area contributed by atoms with E-state index in [2.05, 4.69) is 19.5 Å². The van der Waals surface area contributed by atoms with Crippen LogP contribution in [0.2, 0.25) is 0 Å². The van der Waals surface area contributed by atoms with Crippen molar-refractivity contribution >= 4 is 17.6 Å².